The molecule has 1 atom stereocenters. The normalized spacial score (nSPS) is 21.2. The summed E-state index contributed by atoms with van der Waals surface area (Å²) in [7, 11) is 2.18. The summed E-state index contributed by atoms with van der Waals surface area (Å²) in [4.78, 5) is 52.1. The Bertz CT molecular complexity index is 1620. The number of fused-ring (bicyclic) bond motifs is 2. The first-order chi connectivity index (χ1) is 23.3. The Morgan fingerprint density at radius 2 is 1.62 bits per heavy atom. The molecule has 1 unspecified atom stereocenters. The maximum atomic E-state index is 14.2. The number of piperidine rings is 2. The van der Waals surface area contributed by atoms with Crippen LogP contribution in [0, 0.1) is 5.92 Å². The number of benzene rings is 2. The van der Waals surface area contributed by atoms with Crippen molar-refractivity contribution in [2.45, 2.75) is 57.0 Å². The molecule has 0 saturated carbocycles. The average Bonchev–Trinajstić information content (AvgIpc) is 3.52. The van der Waals surface area contributed by atoms with Crippen LogP contribution in [0.2, 0.25) is 0 Å². The Balaban J connectivity index is 0.996. The molecule has 11 nitrogen and oxygen atoms in total. The molecule has 48 heavy (non-hydrogen) atoms. The average molecular weight is 720 g/mol. The van der Waals surface area contributed by atoms with Crippen molar-refractivity contribution in [3.8, 4) is 0 Å². The monoisotopic (exact) mass is 718 g/mol. The number of aromatic nitrogens is 2. The minimum absolute atomic E-state index is 0.0234. The number of para-hydroxylation sites is 1. The van der Waals surface area contributed by atoms with Crippen molar-refractivity contribution in [1.82, 2.24) is 34.7 Å². The highest BCUT2D eigenvalue weighted by molar-refractivity contribution is 9.10. The van der Waals surface area contributed by atoms with Gasteiger partial charge < -0.3 is 24.9 Å². The summed E-state index contributed by atoms with van der Waals surface area (Å²) in [6.45, 7) is 7.67. The van der Waals surface area contributed by atoms with Crippen molar-refractivity contribution in [1.29, 1.82) is 0 Å². The first-order valence-corrected chi connectivity index (χ1v) is 18.4. The number of hydrogen-bond donors (Lipinski definition) is 2. The molecule has 0 bridgehead atoms. The number of hydrogen-bond acceptors (Lipinski definition) is 6. The molecule has 4 amide bonds. The molecule has 3 saturated heterocycles. The van der Waals surface area contributed by atoms with Crippen molar-refractivity contribution >= 4 is 50.4 Å². The molecule has 3 aromatic rings. The SMILES string of the molecule is CN1CCN(C2CCN(C(=O)C(CC(=O)N3CCC(N4CCc5ccccc5NC4=O)CC3)Cc3cc(Br)c4[nH]ncc4c3)CC2)CC1. The van der Waals surface area contributed by atoms with Crippen molar-refractivity contribution < 1.29 is 14.4 Å². The lowest BCUT2D eigenvalue weighted by molar-refractivity contribution is -0.143. The number of anilines is 1. The molecule has 0 spiro atoms. The second-order valence-electron chi connectivity index (χ2n) is 14.1. The minimum Gasteiger partial charge on any atom is -0.343 e. The van der Waals surface area contributed by atoms with Gasteiger partial charge in [0.1, 0.15) is 0 Å². The molecule has 0 aliphatic carbocycles. The van der Waals surface area contributed by atoms with Crippen LogP contribution in [0.3, 0.4) is 0 Å². The van der Waals surface area contributed by atoms with Gasteiger partial charge in [0.05, 0.1) is 17.6 Å². The second-order valence-corrected chi connectivity index (χ2v) is 14.9. The van der Waals surface area contributed by atoms with Crippen LogP contribution in [-0.2, 0) is 22.4 Å². The van der Waals surface area contributed by atoms with Gasteiger partial charge in [-0.3, -0.25) is 19.6 Å². The summed E-state index contributed by atoms with van der Waals surface area (Å²) < 4.78 is 0.903. The van der Waals surface area contributed by atoms with E-state index in [1.807, 2.05) is 39.0 Å². The van der Waals surface area contributed by atoms with Gasteiger partial charge in [-0.15, -0.1) is 0 Å². The van der Waals surface area contributed by atoms with Gasteiger partial charge in [-0.1, -0.05) is 18.2 Å². The number of halogens is 1. The largest absolute Gasteiger partial charge is 0.343 e. The molecular weight excluding hydrogens is 672 g/mol. The van der Waals surface area contributed by atoms with Gasteiger partial charge in [0.15, 0.2) is 0 Å². The summed E-state index contributed by atoms with van der Waals surface area (Å²) >= 11 is 3.67. The third-order valence-electron chi connectivity index (χ3n) is 11.0. The number of likely N-dealkylation sites (N-methyl/N-ethyl adjacent to an activating group) is 1. The van der Waals surface area contributed by atoms with Gasteiger partial charge in [-0.05, 0) is 90.8 Å². The van der Waals surface area contributed by atoms with E-state index in [0.717, 1.165) is 104 Å². The van der Waals surface area contributed by atoms with Crippen LogP contribution in [0.1, 0.15) is 43.2 Å². The van der Waals surface area contributed by atoms with E-state index in [9.17, 15) is 14.4 Å². The predicted octanol–water partition coefficient (Wildman–Crippen LogP) is 4.19. The smallest absolute Gasteiger partial charge is 0.322 e. The number of likely N-dealkylation sites (tertiary alicyclic amines) is 2. The van der Waals surface area contributed by atoms with Crippen molar-refractivity contribution in [2.24, 2.45) is 5.92 Å². The summed E-state index contributed by atoms with van der Waals surface area (Å²) in [6, 6.07) is 12.6. The highest BCUT2D eigenvalue weighted by Gasteiger charge is 2.35. The predicted molar refractivity (Wildman–Crippen MR) is 190 cm³/mol. The number of H-pyrrole nitrogens is 1. The number of carbonyl (C=O) groups excluding carboxylic acids is 3. The minimum atomic E-state index is -0.443. The Labute approximate surface area is 291 Å². The molecule has 5 heterocycles. The van der Waals surface area contributed by atoms with Gasteiger partial charge >= 0.3 is 6.03 Å². The van der Waals surface area contributed by atoms with Crippen LogP contribution in [-0.4, -0.2) is 131 Å². The maximum absolute atomic E-state index is 14.2. The number of nitrogens with zero attached hydrogens (tertiary/aromatic N) is 6. The lowest BCUT2D eigenvalue weighted by atomic mass is 9.91. The number of rotatable bonds is 7. The van der Waals surface area contributed by atoms with E-state index >= 15 is 0 Å². The van der Waals surface area contributed by atoms with Gasteiger partial charge in [-0.2, -0.15) is 5.10 Å². The van der Waals surface area contributed by atoms with Crippen LogP contribution >= 0.6 is 15.9 Å². The van der Waals surface area contributed by atoms with Crippen LogP contribution in [0.15, 0.2) is 47.1 Å². The van der Waals surface area contributed by atoms with E-state index in [4.69, 9.17) is 0 Å². The van der Waals surface area contributed by atoms with Crippen LogP contribution < -0.4 is 5.32 Å². The van der Waals surface area contributed by atoms with Gasteiger partial charge in [-0.25, -0.2) is 4.79 Å². The number of aromatic amines is 1. The third kappa shape index (κ3) is 7.25. The lowest BCUT2D eigenvalue weighted by Crippen LogP contribution is -2.53. The zero-order valence-electron chi connectivity index (χ0n) is 27.9. The Kier molecular flexibility index (Phi) is 10.0. The highest BCUT2D eigenvalue weighted by atomic mass is 79.9. The summed E-state index contributed by atoms with van der Waals surface area (Å²) in [5.74, 6) is -0.337. The lowest BCUT2D eigenvalue weighted by Gasteiger charge is -2.42. The molecule has 12 heteroatoms. The number of urea groups is 1. The van der Waals surface area contributed by atoms with Gasteiger partial charge in [0.2, 0.25) is 11.8 Å². The number of piperazine rings is 1. The fourth-order valence-corrected chi connectivity index (χ4v) is 8.73. The van der Waals surface area contributed by atoms with Crippen LogP contribution in [0.5, 0.6) is 0 Å². The zero-order chi connectivity index (χ0) is 33.2. The Morgan fingerprint density at radius 1 is 0.917 bits per heavy atom. The van der Waals surface area contributed by atoms with Crippen molar-refractivity contribution in [3.63, 3.8) is 0 Å². The van der Waals surface area contributed by atoms with E-state index in [2.05, 4.69) is 60.4 Å². The third-order valence-corrected chi connectivity index (χ3v) is 11.7. The first-order valence-electron chi connectivity index (χ1n) is 17.6. The zero-order valence-corrected chi connectivity index (χ0v) is 29.5. The molecule has 7 rings (SSSR count). The van der Waals surface area contributed by atoms with Gasteiger partial charge in [0.25, 0.3) is 0 Å². The topological polar surface area (TPSA) is 108 Å². The fourth-order valence-electron chi connectivity index (χ4n) is 8.12. The molecule has 2 aromatic carbocycles. The molecule has 4 aliphatic rings. The van der Waals surface area contributed by atoms with E-state index in [-0.39, 0.29) is 30.3 Å². The van der Waals surface area contributed by atoms with Crippen molar-refractivity contribution in [3.05, 3.63) is 58.2 Å². The fraction of sp³-hybridized carbons (Fsp3) is 0.556. The number of amides is 4. The van der Waals surface area contributed by atoms with E-state index in [0.29, 0.717) is 32.1 Å². The second kappa shape index (κ2) is 14.6. The summed E-state index contributed by atoms with van der Waals surface area (Å²) in [6.07, 6.45) is 6.70. The van der Waals surface area contributed by atoms with Crippen LogP contribution in [0.25, 0.3) is 10.9 Å². The van der Waals surface area contributed by atoms with E-state index < -0.39 is 5.92 Å². The Morgan fingerprint density at radius 3 is 2.40 bits per heavy atom. The standard InChI is InChI=1S/C36H47BrN8O3/c1-41-16-18-42(19-17-41)29-7-13-44(14-8-29)35(47)27(20-25-21-28-24-38-40-34(28)31(37)22-25)23-33(46)43-11-9-30(10-12-43)45-15-6-26-4-2-3-5-32(26)39-36(45)48/h2-5,21-22,24,27,29-30H,6-20,23H2,1H3,(H,38,40)(H,39,48). The summed E-state index contributed by atoms with van der Waals surface area (Å²) in [5.41, 5.74) is 3.98. The number of carbonyl (C=O) groups is 3. The highest BCUT2D eigenvalue weighted by Crippen LogP contribution is 2.29. The number of nitrogens with one attached hydrogen (secondary N) is 2. The van der Waals surface area contributed by atoms with Gasteiger partial charge in [0, 0.05) is 93.0 Å². The quantitative estimate of drug-likeness (QED) is 0.380. The molecule has 2 N–H and O–H groups in total. The molecule has 4 aliphatic heterocycles. The summed E-state index contributed by atoms with van der Waals surface area (Å²) in [5, 5.41) is 11.3. The Hall–Kier alpha value is -3.48. The molecule has 0 radical (unpaired) electrons. The van der Waals surface area contributed by atoms with Crippen molar-refractivity contribution in [2.75, 3.05) is 71.3 Å². The molecule has 3 fully saturated rings. The van der Waals surface area contributed by atoms with E-state index in [1.165, 1.54) is 0 Å². The van der Waals surface area contributed by atoms with Crippen LogP contribution in [0.4, 0.5) is 10.5 Å². The molecule has 1 aromatic heterocycles. The first kappa shape index (κ1) is 33.0. The molecule has 256 valence electrons. The maximum Gasteiger partial charge on any atom is 0.322 e. The molecular formula is C36H47BrN8O3. The van der Waals surface area contributed by atoms with E-state index in [1.54, 1.807) is 6.20 Å².